The molecule has 11 heteroatoms. The number of aromatic nitrogens is 7. The van der Waals surface area contributed by atoms with E-state index in [-0.39, 0.29) is 12.8 Å². The van der Waals surface area contributed by atoms with Crippen LogP contribution in [0.3, 0.4) is 0 Å². The van der Waals surface area contributed by atoms with Crippen molar-refractivity contribution in [3.05, 3.63) is 78.2 Å². The maximum atomic E-state index is 5.50. The molecule has 1 N–H and O–H groups in total. The molecule has 0 fully saturated rings. The Balaban J connectivity index is 1.27. The van der Waals surface area contributed by atoms with Crippen LogP contribution in [0.2, 0.25) is 0 Å². The number of aryl methyl sites for hydroxylation is 1. The lowest BCUT2D eigenvalue weighted by molar-refractivity contribution is 0.174. The van der Waals surface area contributed by atoms with Gasteiger partial charge in [-0.25, -0.2) is 9.97 Å². The second-order valence-electron chi connectivity index (χ2n) is 8.38. The first kappa shape index (κ1) is 22.8. The number of fused-ring (bicyclic) bond motifs is 1. The van der Waals surface area contributed by atoms with E-state index in [2.05, 4.69) is 59.4 Å². The summed E-state index contributed by atoms with van der Waals surface area (Å²) in [5, 5.41) is 7.79. The molecule has 0 saturated carbocycles. The lowest BCUT2D eigenvalue weighted by Crippen LogP contribution is -2.33. The lowest BCUT2D eigenvalue weighted by Gasteiger charge is -2.21. The molecule has 35 heavy (non-hydrogen) atoms. The summed E-state index contributed by atoms with van der Waals surface area (Å²) >= 11 is 0. The summed E-state index contributed by atoms with van der Waals surface area (Å²) in [4.78, 5) is 24.2. The van der Waals surface area contributed by atoms with Gasteiger partial charge in [0.05, 0.1) is 6.04 Å². The van der Waals surface area contributed by atoms with E-state index in [0.717, 1.165) is 36.7 Å². The minimum atomic E-state index is -0.123. The third kappa shape index (κ3) is 5.76. The van der Waals surface area contributed by atoms with Crippen molar-refractivity contribution in [3.63, 3.8) is 0 Å². The molecule has 4 heterocycles. The summed E-state index contributed by atoms with van der Waals surface area (Å²) < 4.78 is 12.4. The van der Waals surface area contributed by atoms with Gasteiger partial charge in [0.2, 0.25) is 6.79 Å². The largest absolute Gasteiger partial charge is 0.454 e. The van der Waals surface area contributed by atoms with Gasteiger partial charge in [-0.05, 0) is 49.7 Å². The molecule has 4 aromatic rings. The van der Waals surface area contributed by atoms with Crippen LogP contribution in [0.1, 0.15) is 28.8 Å². The number of nitrogens with zero attached hydrogens (tertiary/aromatic N) is 8. The fourth-order valence-electron chi connectivity index (χ4n) is 3.93. The molecule has 180 valence electrons. The van der Waals surface area contributed by atoms with Gasteiger partial charge in [-0.2, -0.15) is 19.7 Å². The van der Waals surface area contributed by atoms with Gasteiger partial charge in [0, 0.05) is 32.0 Å². The quantitative estimate of drug-likeness (QED) is 0.366. The predicted molar refractivity (Wildman–Crippen MR) is 127 cm³/mol. The summed E-state index contributed by atoms with van der Waals surface area (Å²) in [5.41, 5.74) is 2.27. The van der Waals surface area contributed by atoms with Crippen LogP contribution in [0.15, 0.2) is 55.4 Å². The normalized spacial score (nSPS) is 13.3. The molecular formula is C24H27N9O2. The maximum Gasteiger partial charge on any atom is 0.255 e. The third-order valence-electron chi connectivity index (χ3n) is 5.62. The highest BCUT2D eigenvalue weighted by Gasteiger charge is 2.19. The van der Waals surface area contributed by atoms with Gasteiger partial charge in [-0.3, -0.25) is 4.98 Å². The topological polar surface area (TPSA) is 116 Å². The Bertz CT molecular complexity index is 1250. The summed E-state index contributed by atoms with van der Waals surface area (Å²) in [5.74, 6) is 3.33. The standard InChI is InChI=1S/C24H27N9O2/c1-17-29-23(31-24(30-17)33-15-26-14-28-33)20(10-18-4-3-7-25-12-18)27-8-9-32(2)13-19-5-6-21-22(11-19)35-16-34-21/h3-7,11-12,14-15,20,27H,8-10,13,16H2,1-2H3. The van der Waals surface area contributed by atoms with Crippen LogP contribution in [-0.4, -0.2) is 66.5 Å². The highest BCUT2D eigenvalue weighted by atomic mass is 16.7. The van der Waals surface area contributed by atoms with Crippen LogP contribution < -0.4 is 14.8 Å². The zero-order valence-corrected chi connectivity index (χ0v) is 19.7. The molecule has 1 aromatic carbocycles. The number of benzene rings is 1. The molecule has 0 saturated heterocycles. The summed E-state index contributed by atoms with van der Waals surface area (Å²) in [6, 6.07) is 9.94. The molecule has 1 aliphatic heterocycles. The molecule has 1 aliphatic rings. The van der Waals surface area contributed by atoms with E-state index in [1.54, 1.807) is 17.2 Å². The van der Waals surface area contributed by atoms with Crippen molar-refractivity contribution < 1.29 is 9.47 Å². The highest BCUT2D eigenvalue weighted by molar-refractivity contribution is 5.44. The molecule has 0 radical (unpaired) electrons. The SMILES string of the molecule is Cc1nc(C(Cc2cccnc2)NCCN(C)Cc2ccc3c(c2)OCO3)nc(-n2cncn2)n1. The van der Waals surface area contributed by atoms with E-state index in [4.69, 9.17) is 9.47 Å². The maximum absolute atomic E-state index is 5.50. The van der Waals surface area contributed by atoms with Gasteiger partial charge >= 0.3 is 0 Å². The fraction of sp³-hybridized carbons (Fsp3) is 0.333. The fourth-order valence-corrected chi connectivity index (χ4v) is 3.93. The number of pyridine rings is 1. The van der Waals surface area contributed by atoms with Crippen LogP contribution in [0.25, 0.3) is 5.95 Å². The van der Waals surface area contributed by atoms with Crippen molar-refractivity contribution in [2.24, 2.45) is 0 Å². The van der Waals surface area contributed by atoms with E-state index in [0.29, 0.717) is 24.0 Å². The lowest BCUT2D eigenvalue weighted by atomic mass is 10.1. The first-order valence-corrected chi connectivity index (χ1v) is 11.4. The highest BCUT2D eigenvalue weighted by Crippen LogP contribution is 2.32. The summed E-state index contributed by atoms with van der Waals surface area (Å²) in [7, 11) is 2.10. The van der Waals surface area contributed by atoms with Gasteiger partial charge in [-0.1, -0.05) is 12.1 Å². The van der Waals surface area contributed by atoms with Gasteiger partial charge in [0.25, 0.3) is 5.95 Å². The molecule has 1 atom stereocenters. The van der Waals surface area contributed by atoms with Gasteiger partial charge in [0.1, 0.15) is 18.5 Å². The molecular weight excluding hydrogens is 446 g/mol. The Morgan fingerprint density at radius 1 is 1.09 bits per heavy atom. The molecule has 3 aromatic heterocycles. The second kappa shape index (κ2) is 10.5. The van der Waals surface area contributed by atoms with Crippen molar-refractivity contribution in [2.45, 2.75) is 25.9 Å². The van der Waals surface area contributed by atoms with Crippen molar-refractivity contribution in [1.29, 1.82) is 0 Å². The molecule has 11 nitrogen and oxygen atoms in total. The minimum Gasteiger partial charge on any atom is -0.454 e. The van der Waals surface area contributed by atoms with Crippen molar-refractivity contribution in [1.82, 2.24) is 44.9 Å². The number of nitrogens with one attached hydrogen (secondary N) is 1. The van der Waals surface area contributed by atoms with E-state index in [9.17, 15) is 0 Å². The zero-order chi connectivity index (χ0) is 24.0. The van der Waals surface area contributed by atoms with Crippen LogP contribution >= 0.6 is 0 Å². The van der Waals surface area contributed by atoms with E-state index in [1.807, 2.05) is 31.3 Å². The number of ether oxygens (including phenoxy) is 2. The van der Waals surface area contributed by atoms with E-state index >= 15 is 0 Å². The molecule has 5 rings (SSSR count). The van der Waals surface area contributed by atoms with Crippen LogP contribution in [0.5, 0.6) is 11.5 Å². The summed E-state index contributed by atoms with van der Waals surface area (Å²) in [6.07, 6.45) is 7.37. The summed E-state index contributed by atoms with van der Waals surface area (Å²) in [6.45, 7) is 4.51. The zero-order valence-electron chi connectivity index (χ0n) is 19.7. The number of likely N-dealkylation sites (N-methyl/N-ethyl adjacent to an activating group) is 1. The van der Waals surface area contributed by atoms with E-state index in [1.165, 1.54) is 11.9 Å². The molecule has 0 amide bonds. The molecule has 0 spiro atoms. The first-order valence-electron chi connectivity index (χ1n) is 11.4. The van der Waals surface area contributed by atoms with Crippen molar-refractivity contribution in [2.75, 3.05) is 26.9 Å². The van der Waals surface area contributed by atoms with Crippen molar-refractivity contribution >= 4 is 0 Å². The Morgan fingerprint density at radius 3 is 2.83 bits per heavy atom. The Hall–Kier alpha value is -3.96. The van der Waals surface area contributed by atoms with Gasteiger partial charge in [0.15, 0.2) is 17.3 Å². The Kier molecular flexibility index (Phi) is 6.87. The number of hydrogen-bond donors (Lipinski definition) is 1. The average Bonchev–Trinajstić information content (AvgIpc) is 3.56. The molecule has 0 bridgehead atoms. The van der Waals surface area contributed by atoms with Gasteiger partial charge < -0.3 is 19.7 Å². The number of hydrogen-bond acceptors (Lipinski definition) is 10. The van der Waals surface area contributed by atoms with Gasteiger partial charge in [-0.15, -0.1) is 0 Å². The van der Waals surface area contributed by atoms with Crippen LogP contribution in [-0.2, 0) is 13.0 Å². The van der Waals surface area contributed by atoms with E-state index < -0.39 is 0 Å². The smallest absolute Gasteiger partial charge is 0.255 e. The third-order valence-corrected chi connectivity index (χ3v) is 5.62. The average molecular weight is 474 g/mol. The predicted octanol–water partition coefficient (Wildman–Crippen LogP) is 1.89. The Morgan fingerprint density at radius 2 is 2.00 bits per heavy atom. The number of rotatable bonds is 10. The minimum absolute atomic E-state index is 0.123. The molecule has 1 unspecified atom stereocenters. The Labute approximate surface area is 203 Å². The second-order valence-corrected chi connectivity index (χ2v) is 8.38. The first-order chi connectivity index (χ1) is 17.1. The van der Waals surface area contributed by atoms with Crippen LogP contribution in [0, 0.1) is 6.92 Å². The van der Waals surface area contributed by atoms with Crippen molar-refractivity contribution in [3.8, 4) is 17.4 Å². The monoisotopic (exact) mass is 473 g/mol. The molecule has 0 aliphatic carbocycles. The van der Waals surface area contributed by atoms with Crippen LogP contribution in [0.4, 0.5) is 0 Å².